The average molecular weight is 519 g/mol. The van der Waals surface area contributed by atoms with Gasteiger partial charge in [0.15, 0.2) is 5.65 Å². The molecule has 0 unspecified atom stereocenters. The van der Waals surface area contributed by atoms with E-state index >= 15 is 0 Å². The van der Waals surface area contributed by atoms with Crippen LogP contribution in [-0.4, -0.2) is 30.6 Å². The van der Waals surface area contributed by atoms with Crippen LogP contribution in [0.5, 0.6) is 0 Å². The molecule has 1 saturated carbocycles. The molecule has 34 heavy (non-hydrogen) atoms. The van der Waals surface area contributed by atoms with Crippen LogP contribution in [0.2, 0.25) is 0 Å². The van der Waals surface area contributed by atoms with Gasteiger partial charge in [-0.15, -0.1) is 0 Å². The molecule has 1 aliphatic carbocycles. The van der Waals surface area contributed by atoms with Crippen molar-refractivity contribution in [1.82, 2.24) is 30.0 Å². The van der Waals surface area contributed by atoms with Crippen molar-refractivity contribution in [1.29, 1.82) is 0 Å². The maximum Gasteiger partial charge on any atom is 0.255 e. The summed E-state index contributed by atoms with van der Waals surface area (Å²) >= 11 is 3.48. The Balaban J connectivity index is 1.38. The Bertz CT molecular complexity index is 1570. The second kappa shape index (κ2) is 7.73. The predicted molar refractivity (Wildman–Crippen MR) is 131 cm³/mol. The van der Waals surface area contributed by atoms with Crippen LogP contribution in [0.3, 0.4) is 0 Å². The molecule has 170 valence electrons. The molecule has 2 aromatic carbocycles. The van der Waals surface area contributed by atoms with E-state index in [-0.39, 0.29) is 17.3 Å². The number of fused-ring (bicyclic) bond motifs is 2. The number of hydrogen-bond acceptors (Lipinski definition) is 4. The molecule has 0 saturated heterocycles. The van der Waals surface area contributed by atoms with Gasteiger partial charge in [-0.1, -0.05) is 28.1 Å². The van der Waals surface area contributed by atoms with Gasteiger partial charge in [0.25, 0.3) is 5.91 Å². The highest BCUT2D eigenvalue weighted by Gasteiger charge is 2.40. The van der Waals surface area contributed by atoms with Crippen LogP contribution in [0.1, 0.15) is 35.2 Å². The van der Waals surface area contributed by atoms with Crippen LogP contribution in [0.25, 0.3) is 33.5 Å². The monoisotopic (exact) mass is 518 g/mol. The van der Waals surface area contributed by atoms with Crippen LogP contribution in [-0.2, 0) is 12.6 Å². The summed E-state index contributed by atoms with van der Waals surface area (Å²) < 4.78 is 16.3. The third kappa shape index (κ3) is 3.30. The van der Waals surface area contributed by atoms with Gasteiger partial charge in [0.2, 0.25) is 0 Å². The number of amides is 1. The summed E-state index contributed by atoms with van der Waals surface area (Å²) in [5.74, 6) is -0.530. The Morgan fingerprint density at radius 1 is 1.21 bits per heavy atom. The molecule has 1 fully saturated rings. The molecule has 3 aromatic heterocycles. The first-order valence-corrected chi connectivity index (χ1v) is 11.8. The zero-order valence-electron chi connectivity index (χ0n) is 18.3. The molecule has 0 bridgehead atoms. The van der Waals surface area contributed by atoms with E-state index in [4.69, 9.17) is 4.98 Å². The molecular formula is C25H20BrFN6O. The topological polar surface area (TPSA) is 88.5 Å². The number of rotatable bonds is 4. The summed E-state index contributed by atoms with van der Waals surface area (Å²) in [5.41, 5.74) is 3.90. The number of nitrogens with zero attached hydrogens (tertiary/aromatic N) is 4. The van der Waals surface area contributed by atoms with E-state index in [2.05, 4.69) is 36.3 Å². The number of hydrogen-bond donors (Lipinski definition) is 2. The minimum atomic E-state index is -0.381. The lowest BCUT2D eigenvalue weighted by Crippen LogP contribution is -2.50. The van der Waals surface area contributed by atoms with Crippen LogP contribution in [0, 0.1) is 5.82 Å². The summed E-state index contributed by atoms with van der Waals surface area (Å²) in [5, 5.41) is 8.55. The average Bonchev–Trinajstić information content (AvgIpc) is 3.37. The van der Waals surface area contributed by atoms with Crippen LogP contribution >= 0.6 is 15.9 Å². The zero-order valence-corrected chi connectivity index (χ0v) is 19.9. The van der Waals surface area contributed by atoms with E-state index < -0.39 is 0 Å². The second-order valence-electron chi connectivity index (χ2n) is 8.69. The van der Waals surface area contributed by atoms with Crippen molar-refractivity contribution in [2.45, 2.75) is 24.8 Å². The highest BCUT2D eigenvalue weighted by molar-refractivity contribution is 9.10. The molecular weight excluding hydrogens is 499 g/mol. The number of benzene rings is 2. The SMILES string of the molecule is Cn1nc(-c2cnc3[nH]cc(C(=O)NC4(c5ccc(Br)cc5)CCC4)c3n2)c2ccc(F)cc21. The van der Waals surface area contributed by atoms with Crippen molar-refractivity contribution in [2.24, 2.45) is 7.05 Å². The number of aromatic amines is 1. The predicted octanol–water partition coefficient (Wildman–Crippen LogP) is 5.22. The second-order valence-corrected chi connectivity index (χ2v) is 9.60. The smallest absolute Gasteiger partial charge is 0.255 e. The van der Waals surface area contributed by atoms with Gasteiger partial charge in [-0.05, 0) is 55.2 Å². The Hall–Kier alpha value is -3.59. The van der Waals surface area contributed by atoms with Crippen molar-refractivity contribution >= 4 is 43.9 Å². The summed E-state index contributed by atoms with van der Waals surface area (Å²) in [6.07, 6.45) is 6.08. The molecule has 1 aliphatic rings. The molecule has 0 aliphatic heterocycles. The molecule has 0 atom stereocenters. The summed E-state index contributed by atoms with van der Waals surface area (Å²) in [4.78, 5) is 25.7. The van der Waals surface area contributed by atoms with Crippen molar-refractivity contribution in [2.75, 3.05) is 0 Å². The number of carbonyl (C=O) groups is 1. The van der Waals surface area contributed by atoms with E-state index in [1.807, 2.05) is 24.3 Å². The maximum absolute atomic E-state index is 13.7. The van der Waals surface area contributed by atoms with E-state index in [9.17, 15) is 9.18 Å². The maximum atomic E-state index is 13.7. The number of aryl methyl sites for hydroxylation is 1. The quantitative estimate of drug-likeness (QED) is 0.341. The fourth-order valence-electron chi connectivity index (χ4n) is 4.67. The molecule has 3 heterocycles. The number of nitrogens with one attached hydrogen (secondary N) is 2. The van der Waals surface area contributed by atoms with Gasteiger partial charge >= 0.3 is 0 Å². The molecule has 0 radical (unpaired) electrons. The number of H-pyrrole nitrogens is 1. The fourth-order valence-corrected chi connectivity index (χ4v) is 4.93. The third-order valence-electron chi connectivity index (χ3n) is 6.64. The molecule has 7 nitrogen and oxygen atoms in total. The molecule has 2 N–H and O–H groups in total. The normalized spacial score (nSPS) is 14.9. The first-order valence-electron chi connectivity index (χ1n) is 11.0. The highest BCUT2D eigenvalue weighted by Crippen LogP contribution is 2.42. The fraction of sp³-hybridized carbons (Fsp3) is 0.200. The molecule has 6 rings (SSSR count). The first kappa shape index (κ1) is 21.0. The lowest BCUT2D eigenvalue weighted by Gasteiger charge is -2.43. The minimum Gasteiger partial charge on any atom is -0.344 e. The minimum absolute atomic E-state index is 0.201. The Labute approximate surface area is 202 Å². The van der Waals surface area contributed by atoms with E-state index in [1.165, 1.54) is 12.1 Å². The lowest BCUT2D eigenvalue weighted by atomic mass is 9.71. The van der Waals surface area contributed by atoms with Gasteiger partial charge in [0.1, 0.15) is 22.7 Å². The Morgan fingerprint density at radius 2 is 2.00 bits per heavy atom. The van der Waals surface area contributed by atoms with E-state index in [0.717, 1.165) is 34.7 Å². The molecule has 0 spiro atoms. The first-order chi connectivity index (χ1) is 16.4. The van der Waals surface area contributed by atoms with Crippen molar-refractivity contribution in [3.8, 4) is 11.4 Å². The summed E-state index contributed by atoms with van der Waals surface area (Å²) in [6.45, 7) is 0. The number of carbonyl (C=O) groups excluding carboxylic acids is 1. The standard InChI is InChI=1S/C25H20BrFN6O/c1-33-20-11-16(27)7-8-17(20)21(32-33)19-13-29-23-22(30-19)18(12-28-23)24(34)31-25(9-2-10-25)14-3-5-15(26)6-4-14/h3-8,11-13H,2,9-10H2,1H3,(H,28,29)(H,31,34). The largest absolute Gasteiger partial charge is 0.344 e. The highest BCUT2D eigenvalue weighted by atomic mass is 79.9. The molecule has 1 amide bonds. The van der Waals surface area contributed by atoms with Crippen molar-refractivity contribution in [3.05, 3.63) is 76.3 Å². The van der Waals surface area contributed by atoms with Gasteiger partial charge in [0, 0.05) is 23.1 Å². The molecule has 9 heteroatoms. The van der Waals surface area contributed by atoms with Crippen LogP contribution in [0.15, 0.2) is 59.3 Å². The van der Waals surface area contributed by atoms with Crippen molar-refractivity contribution < 1.29 is 9.18 Å². The summed E-state index contributed by atoms with van der Waals surface area (Å²) in [7, 11) is 1.76. The van der Waals surface area contributed by atoms with Gasteiger partial charge in [-0.25, -0.2) is 14.4 Å². The zero-order chi connectivity index (χ0) is 23.4. The number of aromatic nitrogens is 5. The third-order valence-corrected chi connectivity index (χ3v) is 7.17. The van der Waals surface area contributed by atoms with Gasteiger partial charge < -0.3 is 10.3 Å². The van der Waals surface area contributed by atoms with Crippen molar-refractivity contribution in [3.63, 3.8) is 0 Å². The summed E-state index contributed by atoms with van der Waals surface area (Å²) in [6, 6.07) is 12.6. The van der Waals surface area contributed by atoms with Gasteiger partial charge in [-0.3, -0.25) is 9.48 Å². The Morgan fingerprint density at radius 3 is 2.74 bits per heavy atom. The van der Waals surface area contributed by atoms with E-state index in [1.54, 1.807) is 30.2 Å². The van der Waals surface area contributed by atoms with Gasteiger partial charge in [0.05, 0.1) is 22.8 Å². The van der Waals surface area contributed by atoms with Crippen LogP contribution < -0.4 is 5.32 Å². The molecule has 5 aromatic rings. The van der Waals surface area contributed by atoms with Crippen LogP contribution in [0.4, 0.5) is 4.39 Å². The number of halogens is 2. The Kier molecular flexibility index (Phi) is 4.77. The lowest BCUT2D eigenvalue weighted by molar-refractivity contribution is 0.0825. The van der Waals surface area contributed by atoms with E-state index in [0.29, 0.717) is 33.6 Å². The van der Waals surface area contributed by atoms with Gasteiger partial charge in [-0.2, -0.15) is 5.10 Å².